The number of likely N-dealkylation sites (N-methyl/N-ethyl adjacent to an activating group) is 1. The minimum atomic E-state index is 0.162. The number of rotatable bonds is 1. The Bertz CT molecular complexity index is 96.4. The molecule has 1 rings (SSSR count). The second-order valence-corrected chi connectivity index (χ2v) is 1.98. The molecule has 0 N–H and O–H groups in total. The van der Waals surface area contributed by atoms with Gasteiger partial charge in [-0.15, -0.1) is 6.58 Å². The predicted octanol–water partition coefficient (Wildman–Crippen LogP) is 0.162. The average Bonchev–Trinajstić information content (AvgIpc) is 2.14. The van der Waals surface area contributed by atoms with E-state index in [9.17, 15) is 0 Å². The third kappa shape index (κ3) is 0.930. The van der Waals surface area contributed by atoms with Crippen molar-refractivity contribution in [1.29, 1.82) is 0 Å². The van der Waals surface area contributed by atoms with Crippen molar-refractivity contribution < 1.29 is 4.65 Å². The Morgan fingerprint density at radius 2 is 2.62 bits per heavy atom. The summed E-state index contributed by atoms with van der Waals surface area (Å²) in [5.74, 6) is 1.81. The minimum absolute atomic E-state index is 0.162. The quantitative estimate of drug-likeness (QED) is 0.447. The van der Waals surface area contributed by atoms with E-state index in [1.807, 2.05) is 13.0 Å². The molecule has 1 aliphatic heterocycles. The zero-order valence-electron chi connectivity index (χ0n) is 5.13. The van der Waals surface area contributed by atoms with E-state index in [1.54, 1.807) is 0 Å². The normalized spacial score (nSPS) is 21.9. The zero-order valence-corrected chi connectivity index (χ0v) is 5.13. The summed E-state index contributed by atoms with van der Waals surface area (Å²) in [6.07, 6.45) is 0. The van der Waals surface area contributed by atoms with E-state index in [-0.39, 0.29) is 7.05 Å². The first-order chi connectivity index (χ1) is 3.84. The lowest BCUT2D eigenvalue weighted by molar-refractivity contribution is 0.375. The van der Waals surface area contributed by atoms with Crippen LogP contribution in [0.4, 0.5) is 0 Å². The molecular weight excluding hydrogens is 101 g/mol. The van der Waals surface area contributed by atoms with Crippen LogP contribution in [0, 0.1) is 0 Å². The molecule has 0 aromatic carbocycles. The zero-order chi connectivity index (χ0) is 5.98. The maximum absolute atomic E-state index is 5.22. The molecule has 0 aliphatic carbocycles. The van der Waals surface area contributed by atoms with E-state index in [2.05, 4.69) is 11.4 Å². The molecule has 0 radical (unpaired) electrons. The van der Waals surface area contributed by atoms with Gasteiger partial charge in [-0.1, -0.05) is 5.98 Å². The van der Waals surface area contributed by atoms with Crippen LogP contribution in [-0.2, 0) is 4.65 Å². The van der Waals surface area contributed by atoms with Gasteiger partial charge < -0.3 is 9.47 Å². The van der Waals surface area contributed by atoms with Crippen molar-refractivity contribution in [3.63, 3.8) is 0 Å². The lowest BCUT2D eigenvalue weighted by atomic mass is 9.83. The van der Waals surface area contributed by atoms with Crippen molar-refractivity contribution in [2.45, 2.75) is 0 Å². The first-order valence-corrected chi connectivity index (χ1v) is 2.79. The molecule has 0 atom stereocenters. The molecule has 3 heteroatoms. The first kappa shape index (κ1) is 5.85. The van der Waals surface area contributed by atoms with Crippen LogP contribution in [0.5, 0.6) is 0 Å². The summed E-state index contributed by atoms with van der Waals surface area (Å²) < 4.78 is 5.22. The van der Waals surface area contributed by atoms with Gasteiger partial charge >= 0.3 is 7.05 Å². The van der Waals surface area contributed by atoms with Crippen LogP contribution >= 0.6 is 0 Å². The third-order valence-electron chi connectivity index (χ3n) is 1.37. The van der Waals surface area contributed by atoms with Crippen LogP contribution in [-0.4, -0.2) is 32.1 Å². The van der Waals surface area contributed by atoms with E-state index in [0.29, 0.717) is 0 Å². The Morgan fingerprint density at radius 1 is 1.88 bits per heavy atom. The standard InChI is InChI=1S/C5H10BNO/c1-3-6-7(2)4-5-8-6/h3H,1,4-5H2,2H3. The van der Waals surface area contributed by atoms with Crippen LogP contribution in [0.25, 0.3) is 0 Å². The van der Waals surface area contributed by atoms with Crippen LogP contribution in [0.2, 0.25) is 0 Å². The van der Waals surface area contributed by atoms with Gasteiger partial charge in [0.05, 0.1) is 0 Å². The van der Waals surface area contributed by atoms with Crippen LogP contribution in [0.15, 0.2) is 12.6 Å². The Kier molecular flexibility index (Phi) is 1.71. The molecule has 1 aliphatic rings. The Hall–Kier alpha value is -0.275. The second-order valence-electron chi connectivity index (χ2n) is 1.98. The molecular formula is C5H10BNO. The summed E-state index contributed by atoms with van der Waals surface area (Å²) in [5.41, 5.74) is 0. The maximum atomic E-state index is 5.22. The molecule has 1 saturated heterocycles. The molecule has 0 aromatic rings. The molecule has 0 amide bonds. The Morgan fingerprint density at radius 3 is 2.88 bits per heavy atom. The van der Waals surface area contributed by atoms with Crippen LogP contribution in [0.1, 0.15) is 0 Å². The smallest absolute Gasteiger partial charge is 0.410 e. The van der Waals surface area contributed by atoms with Gasteiger partial charge in [0, 0.05) is 13.2 Å². The topological polar surface area (TPSA) is 12.5 Å². The highest BCUT2D eigenvalue weighted by atomic mass is 16.5. The number of hydrogen-bond donors (Lipinski definition) is 0. The second kappa shape index (κ2) is 2.33. The minimum Gasteiger partial charge on any atom is -0.417 e. The largest absolute Gasteiger partial charge is 0.417 e. The fourth-order valence-electron chi connectivity index (χ4n) is 0.820. The van der Waals surface area contributed by atoms with E-state index in [0.717, 1.165) is 13.2 Å². The van der Waals surface area contributed by atoms with Gasteiger partial charge in [0.2, 0.25) is 0 Å². The van der Waals surface area contributed by atoms with Gasteiger partial charge in [0.1, 0.15) is 0 Å². The third-order valence-corrected chi connectivity index (χ3v) is 1.37. The molecule has 0 bridgehead atoms. The highest BCUT2D eigenvalue weighted by Gasteiger charge is 2.23. The summed E-state index contributed by atoms with van der Waals surface area (Å²) in [4.78, 5) is 2.12. The molecule has 1 heterocycles. The van der Waals surface area contributed by atoms with Crippen molar-refractivity contribution in [1.82, 2.24) is 4.81 Å². The number of hydrogen-bond acceptors (Lipinski definition) is 2. The average molecular weight is 111 g/mol. The van der Waals surface area contributed by atoms with Gasteiger partial charge in [-0.25, -0.2) is 0 Å². The summed E-state index contributed by atoms with van der Waals surface area (Å²) in [5, 5.41) is 0. The lowest BCUT2D eigenvalue weighted by Crippen LogP contribution is -2.28. The van der Waals surface area contributed by atoms with Crippen molar-refractivity contribution in [3.8, 4) is 0 Å². The fourth-order valence-corrected chi connectivity index (χ4v) is 0.820. The van der Waals surface area contributed by atoms with Gasteiger partial charge in [-0.05, 0) is 7.05 Å². The van der Waals surface area contributed by atoms with Gasteiger partial charge in [0.25, 0.3) is 0 Å². The molecule has 2 nitrogen and oxygen atoms in total. The molecule has 8 heavy (non-hydrogen) atoms. The van der Waals surface area contributed by atoms with Crippen molar-refractivity contribution in [3.05, 3.63) is 12.6 Å². The highest BCUT2D eigenvalue weighted by Crippen LogP contribution is 2.01. The van der Waals surface area contributed by atoms with Gasteiger partial charge in [-0.2, -0.15) is 0 Å². The van der Waals surface area contributed by atoms with Gasteiger partial charge in [-0.3, -0.25) is 0 Å². The van der Waals surface area contributed by atoms with Crippen molar-refractivity contribution in [2.75, 3.05) is 20.2 Å². The SMILES string of the molecule is C=CB1OCCN1C. The lowest BCUT2D eigenvalue weighted by Gasteiger charge is -2.06. The van der Waals surface area contributed by atoms with Crippen molar-refractivity contribution in [2.24, 2.45) is 0 Å². The van der Waals surface area contributed by atoms with E-state index < -0.39 is 0 Å². The summed E-state index contributed by atoms with van der Waals surface area (Å²) in [7, 11) is 2.19. The van der Waals surface area contributed by atoms with Crippen LogP contribution < -0.4 is 0 Å². The summed E-state index contributed by atoms with van der Waals surface area (Å²) in [6.45, 7) is 5.49. The Labute approximate surface area is 50.3 Å². The maximum Gasteiger partial charge on any atom is 0.410 e. The summed E-state index contributed by atoms with van der Waals surface area (Å²) >= 11 is 0. The molecule has 0 saturated carbocycles. The first-order valence-electron chi connectivity index (χ1n) is 2.79. The van der Waals surface area contributed by atoms with E-state index in [4.69, 9.17) is 4.65 Å². The van der Waals surface area contributed by atoms with Crippen LogP contribution in [0.3, 0.4) is 0 Å². The predicted molar refractivity (Wildman–Crippen MR) is 34.5 cm³/mol. The van der Waals surface area contributed by atoms with Crippen molar-refractivity contribution >= 4 is 7.05 Å². The molecule has 0 aromatic heterocycles. The van der Waals surface area contributed by atoms with Gasteiger partial charge in [0.15, 0.2) is 0 Å². The monoisotopic (exact) mass is 111 g/mol. The Balaban J connectivity index is 2.41. The molecule has 44 valence electrons. The number of nitrogens with zero attached hydrogens (tertiary/aromatic N) is 1. The fraction of sp³-hybridized carbons (Fsp3) is 0.600. The summed E-state index contributed by atoms with van der Waals surface area (Å²) in [6, 6.07) is 0. The molecule has 0 unspecified atom stereocenters. The highest BCUT2D eigenvalue weighted by molar-refractivity contribution is 6.54. The van der Waals surface area contributed by atoms with E-state index in [1.165, 1.54) is 0 Å². The molecule has 1 fully saturated rings. The molecule has 0 spiro atoms. The van der Waals surface area contributed by atoms with E-state index >= 15 is 0 Å².